The Balaban J connectivity index is 2.42. The summed E-state index contributed by atoms with van der Waals surface area (Å²) in [5.74, 6) is -1.60. The highest BCUT2D eigenvalue weighted by atomic mass is 16.5. The second kappa shape index (κ2) is 5.92. The lowest BCUT2D eigenvalue weighted by Gasteiger charge is -2.07. The van der Waals surface area contributed by atoms with Crippen LogP contribution in [0.4, 0.5) is 0 Å². The number of benzene rings is 1. The first-order valence-corrected chi connectivity index (χ1v) is 5.97. The number of rotatable bonds is 4. The molecule has 0 aliphatic rings. The van der Waals surface area contributed by atoms with E-state index < -0.39 is 11.9 Å². The zero-order chi connectivity index (χ0) is 14.5. The van der Waals surface area contributed by atoms with Gasteiger partial charge in [0.2, 0.25) is 0 Å². The monoisotopic (exact) mass is 272 g/mol. The van der Waals surface area contributed by atoms with Crippen LogP contribution >= 0.6 is 0 Å². The molecule has 0 bridgehead atoms. The van der Waals surface area contributed by atoms with Gasteiger partial charge in [0.05, 0.1) is 17.9 Å². The molecule has 20 heavy (non-hydrogen) atoms. The van der Waals surface area contributed by atoms with E-state index in [1.54, 1.807) is 31.2 Å². The zero-order valence-electron chi connectivity index (χ0n) is 10.7. The van der Waals surface area contributed by atoms with E-state index in [2.05, 4.69) is 10.2 Å². The minimum absolute atomic E-state index is 0.151. The fourth-order valence-electron chi connectivity index (χ4n) is 1.68. The maximum absolute atomic E-state index is 11.8. The number of carbonyl (C=O) groups excluding carboxylic acids is 1. The van der Waals surface area contributed by atoms with Crippen LogP contribution in [-0.4, -0.2) is 33.8 Å². The summed E-state index contributed by atoms with van der Waals surface area (Å²) in [5, 5.41) is 16.2. The summed E-state index contributed by atoms with van der Waals surface area (Å²) in [4.78, 5) is 22.6. The number of nitrogens with zero attached hydrogens (tertiary/aromatic N) is 2. The number of hydrogen-bond donors (Lipinski definition) is 1. The molecule has 0 spiro atoms. The van der Waals surface area contributed by atoms with Crippen molar-refractivity contribution in [2.24, 2.45) is 0 Å². The summed E-state index contributed by atoms with van der Waals surface area (Å²) >= 11 is 0. The van der Waals surface area contributed by atoms with E-state index in [0.717, 1.165) is 0 Å². The van der Waals surface area contributed by atoms with Crippen LogP contribution in [0.2, 0.25) is 0 Å². The largest absolute Gasteiger partial charge is 0.476 e. The molecule has 0 saturated carbocycles. The van der Waals surface area contributed by atoms with Crippen LogP contribution in [0.5, 0.6) is 0 Å². The van der Waals surface area contributed by atoms with Gasteiger partial charge in [-0.05, 0) is 25.1 Å². The number of esters is 1. The van der Waals surface area contributed by atoms with Crippen molar-refractivity contribution in [2.75, 3.05) is 6.61 Å². The molecule has 0 amide bonds. The molecule has 0 radical (unpaired) electrons. The maximum atomic E-state index is 11.8. The van der Waals surface area contributed by atoms with Crippen molar-refractivity contribution in [3.63, 3.8) is 0 Å². The molecule has 6 heteroatoms. The highest BCUT2D eigenvalue weighted by molar-refractivity contribution is 5.96. The van der Waals surface area contributed by atoms with E-state index in [9.17, 15) is 9.59 Å². The van der Waals surface area contributed by atoms with Crippen molar-refractivity contribution in [2.45, 2.75) is 6.92 Å². The lowest BCUT2D eigenvalue weighted by atomic mass is 10.0. The Morgan fingerprint density at radius 1 is 1.15 bits per heavy atom. The summed E-state index contributed by atoms with van der Waals surface area (Å²) in [7, 11) is 0. The van der Waals surface area contributed by atoms with E-state index in [0.29, 0.717) is 16.8 Å². The van der Waals surface area contributed by atoms with Crippen LogP contribution in [-0.2, 0) is 4.74 Å². The summed E-state index contributed by atoms with van der Waals surface area (Å²) in [6.07, 6.45) is 0. The van der Waals surface area contributed by atoms with Crippen molar-refractivity contribution in [3.8, 4) is 11.3 Å². The van der Waals surface area contributed by atoms with Gasteiger partial charge in [-0.3, -0.25) is 0 Å². The third kappa shape index (κ3) is 2.80. The minimum atomic E-state index is -1.15. The second-order valence-electron chi connectivity index (χ2n) is 3.88. The number of aromatic nitrogens is 2. The predicted molar refractivity (Wildman–Crippen MR) is 70.4 cm³/mol. The molecule has 0 aliphatic carbocycles. The molecule has 0 atom stereocenters. The van der Waals surface area contributed by atoms with Gasteiger partial charge >= 0.3 is 11.9 Å². The molecular formula is C14H12N2O4. The van der Waals surface area contributed by atoms with Crippen molar-refractivity contribution in [1.82, 2.24) is 10.2 Å². The van der Waals surface area contributed by atoms with Crippen molar-refractivity contribution < 1.29 is 19.4 Å². The van der Waals surface area contributed by atoms with E-state index in [-0.39, 0.29) is 12.3 Å². The second-order valence-corrected chi connectivity index (χ2v) is 3.88. The summed E-state index contributed by atoms with van der Waals surface area (Å²) in [6.45, 7) is 2.00. The van der Waals surface area contributed by atoms with E-state index in [1.807, 2.05) is 0 Å². The van der Waals surface area contributed by atoms with E-state index in [1.165, 1.54) is 12.1 Å². The van der Waals surface area contributed by atoms with Gasteiger partial charge in [0.25, 0.3) is 0 Å². The van der Waals surface area contributed by atoms with Crippen LogP contribution < -0.4 is 0 Å². The SMILES string of the molecule is CCOC(=O)c1ccccc1-c1ccc(C(=O)O)nn1. The predicted octanol–water partition coefficient (Wildman–Crippen LogP) is 2.02. The fraction of sp³-hybridized carbons (Fsp3) is 0.143. The van der Waals surface area contributed by atoms with Crippen LogP contribution in [0.25, 0.3) is 11.3 Å². The molecule has 1 aromatic carbocycles. The van der Waals surface area contributed by atoms with Gasteiger partial charge in [-0.25, -0.2) is 9.59 Å². The Kier molecular flexibility index (Phi) is 4.05. The first kappa shape index (κ1) is 13.7. The molecular weight excluding hydrogens is 260 g/mol. The van der Waals surface area contributed by atoms with E-state index in [4.69, 9.17) is 9.84 Å². The number of carboxylic acids is 1. The Morgan fingerprint density at radius 3 is 2.50 bits per heavy atom. The highest BCUT2D eigenvalue weighted by Crippen LogP contribution is 2.22. The van der Waals surface area contributed by atoms with Crippen LogP contribution in [0.1, 0.15) is 27.8 Å². The normalized spacial score (nSPS) is 10.1. The first-order chi connectivity index (χ1) is 9.63. The van der Waals surface area contributed by atoms with Crippen molar-refractivity contribution in [3.05, 3.63) is 47.7 Å². The third-order valence-electron chi connectivity index (χ3n) is 2.58. The molecule has 1 heterocycles. The molecule has 102 valence electrons. The summed E-state index contributed by atoms with van der Waals surface area (Å²) in [5.41, 5.74) is 1.18. The number of hydrogen-bond acceptors (Lipinski definition) is 5. The van der Waals surface area contributed by atoms with Crippen LogP contribution in [0, 0.1) is 0 Å². The zero-order valence-corrected chi connectivity index (χ0v) is 10.7. The molecule has 0 saturated heterocycles. The van der Waals surface area contributed by atoms with Crippen molar-refractivity contribution >= 4 is 11.9 Å². The van der Waals surface area contributed by atoms with Gasteiger partial charge in [-0.1, -0.05) is 18.2 Å². The van der Waals surface area contributed by atoms with Crippen LogP contribution in [0.3, 0.4) is 0 Å². The minimum Gasteiger partial charge on any atom is -0.476 e. The van der Waals surface area contributed by atoms with Gasteiger partial charge in [0, 0.05) is 5.56 Å². The number of carboxylic acid groups (broad SMARTS) is 1. The van der Waals surface area contributed by atoms with Gasteiger partial charge in [-0.2, -0.15) is 0 Å². The molecule has 2 rings (SSSR count). The Morgan fingerprint density at radius 2 is 1.90 bits per heavy atom. The Bertz CT molecular complexity index is 638. The quantitative estimate of drug-likeness (QED) is 0.856. The molecule has 0 unspecified atom stereocenters. The Labute approximate surface area is 115 Å². The number of aromatic carboxylic acids is 1. The summed E-state index contributed by atoms with van der Waals surface area (Å²) in [6, 6.07) is 9.65. The lowest BCUT2D eigenvalue weighted by Crippen LogP contribution is -2.07. The smallest absolute Gasteiger partial charge is 0.356 e. The molecule has 6 nitrogen and oxygen atoms in total. The van der Waals surface area contributed by atoms with Gasteiger partial charge in [0.1, 0.15) is 0 Å². The van der Waals surface area contributed by atoms with Gasteiger partial charge in [0.15, 0.2) is 5.69 Å². The topological polar surface area (TPSA) is 89.4 Å². The van der Waals surface area contributed by atoms with Gasteiger partial charge < -0.3 is 9.84 Å². The molecule has 0 fully saturated rings. The van der Waals surface area contributed by atoms with Crippen molar-refractivity contribution in [1.29, 1.82) is 0 Å². The standard InChI is InChI=1S/C14H12N2O4/c1-2-20-14(19)10-6-4-3-5-9(10)11-7-8-12(13(17)18)16-15-11/h3-8H,2H2,1H3,(H,17,18). The average molecular weight is 272 g/mol. The highest BCUT2D eigenvalue weighted by Gasteiger charge is 2.15. The fourth-order valence-corrected chi connectivity index (χ4v) is 1.68. The summed E-state index contributed by atoms with van der Waals surface area (Å²) < 4.78 is 4.97. The third-order valence-corrected chi connectivity index (χ3v) is 2.58. The molecule has 1 aromatic heterocycles. The maximum Gasteiger partial charge on any atom is 0.356 e. The van der Waals surface area contributed by atoms with Crippen LogP contribution in [0.15, 0.2) is 36.4 Å². The number of ether oxygens (including phenoxy) is 1. The average Bonchev–Trinajstić information content (AvgIpc) is 2.47. The Hall–Kier alpha value is -2.76. The molecule has 1 N–H and O–H groups in total. The lowest BCUT2D eigenvalue weighted by molar-refractivity contribution is 0.0526. The first-order valence-electron chi connectivity index (χ1n) is 5.97. The van der Waals surface area contributed by atoms with E-state index >= 15 is 0 Å². The molecule has 0 aliphatic heterocycles. The molecule has 2 aromatic rings. The number of carbonyl (C=O) groups is 2. The van der Waals surface area contributed by atoms with Gasteiger partial charge in [-0.15, -0.1) is 10.2 Å².